The molecule has 19 heteroatoms. The standard InChI is InChI=1S/C16H18O17.2Ca.4H/c17-6(12(25)33-11(24)5-16(31,14(28)29)3-8(20)21)1-9(22)32-10(23)4-15(30,13(26)27)2-7(18)19;;;;;;/h6,17,30-31H,1-5H2,(H,18,19)(H,20,21)(H,26,27)(H,28,29);;;;;;/q;2*+2;4*-1. The molecule has 7 N–H and O–H groups in total. The van der Waals surface area contributed by atoms with E-state index in [0.717, 1.165) is 0 Å². The van der Waals surface area contributed by atoms with Crippen LogP contribution in [0.2, 0.25) is 0 Å². The summed E-state index contributed by atoms with van der Waals surface area (Å²) in [6.45, 7) is 0. The molecule has 0 aromatic carbocycles. The Morgan fingerprint density at radius 2 is 0.971 bits per heavy atom. The largest absolute Gasteiger partial charge is 2.00 e. The Labute approximate surface area is 259 Å². The van der Waals surface area contributed by atoms with E-state index in [1.54, 1.807) is 0 Å². The van der Waals surface area contributed by atoms with Crippen LogP contribution in [-0.4, -0.2) is 176 Å². The van der Waals surface area contributed by atoms with Gasteiger partial charge in [-0.2, -0.15) is 0 Å². The van der Waals surface area contributed by atoms with Gasteiger partial charge in [-0.1, -0.05) is 0 Å². The van der Waals surface area contributed by atoms with Crippen LogP contribution >= 0.6 is 0 Å². The SMILES string of the molecule is O=C(O)CC(O)(CC(=O)OC(=O)CC(O)C(=O)OC(=O)CC(O)(CC(=O)O)C(=O)O)C(=O)O.[Ca+2].[Ca+2].[H-].[H-].[H-].[H-]. The number of rotatable bonds is 13. The number of carbonyl (C=O) groups is 8. The summed E-state index contributed by atoms with van der Waals surface area (Å²) in [5.74, 6) is -15.0. The first-order valence-electron chi connectivity index (χ1n) is 8.43. The Morgan fingerprint density at radius 1 is 0.629 bits per heavy atom. The minimum Gasteiger partial charge on any atom is -1.00 e. The van der Waals surface area contributed by atoms with E-state index in [1.165, 1.54) is 0 Å². The van der Waals surface area contributed by atoms with E-state index < -0.39 is 97.2 Å². The zero-order chi connectivity index (χ0) is 26.1. The summed E-state index contributed by atoms with van der Waals surface area (Å²) >= 11 is 0. The van der Waals surface area contributed by atoms with Gasteiger partial charge in [0.2, 0.25) is 0 Å². The second kappa shape index (κ2) is 16.3. The summed E-state index contributed by atoms with van der Waals surface area (Å²) in [4.78, 5) is 89.2. The number of ether oxygens (including phenoxy) is 2. The molecule has 3 unspecified atom stereocenters. The molecule has 0 fully saturated rings. The van der Waals surface area contributed by atoms with Crippen molar-refractivity contribution in [3.63, 3.8) is 0 Å². The van der Waals surface area contributed by atoms with E-state index in [2.05, 4.69) is 9.47 Å². The average Bonchev–Trinajstić information content (AvgIpc) is 2.58. The van der Waals surface area contributed by atoms with E-state index in [4.69, 9.17) is 20.4 Å². The first-order valence-corrected chi connectivity index (χ1v) is 8.43. The number of aliphatic hydroxyl groups excluding tert-OH is 1. The fourth-order valence-electron chi connectivity index (χ4n) is 2.07. The molecule has 17 nitrogen and oxygen atoms in total. The Hall–Kier alpha value is -1.44. The fourth-order valence-corrected chi connectivity index (χ4v) is 2.07. The summed E-state index contributed by atoms with van der Waals surface area (Å²) in [5, 5.41) is 63.5. The van der Waals surface area contributed by atoms with Gasteiger partial charge in [-0.3, -0.25) is 24.0 Å². The van der Waals surface area contributed by atoms with Crippen molar-refractivity contribution in [1.29, 1.82) is 0 Å². The van der Waals surface area contributed by atoms with Crippen LogP contribution in [0, 0.1) is 0 Å². The molecule has 0 radical (unpaired) electrons. The average molecular weight is 566 g/mol. The van der Waals surface area contributed by atoms with Crippen LogP contribution in [-0.2, 0) is 47.8 Å². The molecule has 3 atom stereocenters. The molecule has 0 saturated heterocycles. The molecule has 0 aliphatic rings. The molecule has 0 aliphatic carbocycles. The monoisotopic (exact) mass is 566 g/mol. The van der Waals surface area contributed by atoms with Crippen LogP contribution in [0.25, 0.3) is 0 Å². The summed E-state index contributed by atoms with van der Waals surface area (Å²) in [6.07, 6.45) is -9.80. The second-order valence-electron chi connectivity index (χ2n) is 6.53. The van der Waals surface area contributed by atoms with E-state index in [-0.39, 0.29) is 81.2 Å². The summed E-state index contributed by atoms with van der Waals surface area (Å²) in [5.41, 5.74) is -6.29. The van der Waals surface area contributed by atoms with E-state index in [1.807, 2.05) is 0 Å². The van der Waals surface area contributed by atoms with Crippen molar-refractivity contribution in [3.05, 3.63) is 0 Å². The predicted octanol–water partition coefficient (Wildman–Crippen LogP) is -4.07. The van der Waals surface area contributed by atoms with Gasteiger partial charge >= 0.3 is 123 Å². The zero-order valence-corrected chi connectivity index (χ0v) is 22.2. The van der Waals surface area contributed by atoms with Crippen LogP contribution in [0.5, 0.6) is 0 Å². The van der Waals surface area contributed by atoms with E-state index in [0.29, 0.717) is 0 Å². The van der Waals surface area contributed by atoms with Gasteiger partial charge in [0.05, 0.1) is 32.1 Å². The molecule has 0 spiro atoms. The van der Waals surface area contributed by atoms with Gasteiger partial charge in [0, 0.05) is 0 Å². The second-order valence-corrected chi connectivity index (χ2v) is 6.53. The van der Waals surface area contributed by atoms with Crippen molar-refractivity contribution in [2.75, 3.05) is 0 Å². The summed E-state index contributed by atoms with van der Waals surface area (Å²) < 4.78 is 8.01. The third-order valence-corrected chi connectivity index (χ3v) is 3.63. The Morgan fingerprint density at radius 3 is 1.29 bits per heavy atom. The number of aliphatic carboxylic acids is 4. The van der Waals surface area contributed by atoms with Gasteiger partial charge in [-0.05, 0) is 0 Å². The van der Waals surface area contributed by atoms with Crippen molar-refractivity contribution < 1.29 is 89.3 Å². The molecule has 0 saturated carbocycles. The van der Waals surface area contributed by atoms with Gasteiger partial charge in [-0.15, -0.1) is 0 Å². The van der Waals surface area contributed by atoms with Crippen LogP contribution < -0.4 is 0 Å². The van der Waals surface area contributed by atoms with Crippen molar-refractivity contribution in [2.45, 2.75) is 49.4 Å². The van der Waals surface area contributed by atoms with Crippen LogP contribution in [0.15, 0.2) is 0 Å². The Bertz CT molecular complexity index is 889. The molecule has 192 valence electrons. The maximum absolute atomic E-state index is 11.6. The molecule has 0 rings (SSSR count). The normalized spacial score (nSPS) is 14.3. The number of carboxylic acid groups (broad SMARTS) is 4. The molecule has 0 amide bonds. The van der Waals surface area contributed by atoms with Crippen molar-refractivity contribution in [2.24, 2.45) is 0 Å². The molecule has 0 aromatic rings. The summed E-state index contributed by atoms with van der Waals surface area (Å²) in [7, 11) is 0. The molecule has 35 heavy (non-hydrogen) atoms. The smallest absolute Gasteiger partial charge is 1.00 e. The number of carbonyl (C=O) groups excluding carboxylic acids is 4. The number of carboxylic acids is 4. The van der Waals surface area contributed by atoms with Gasteiger partial charge in [0.25, 0.3) is 0 Å². The Kier molecular flexibility index (Phi) is 17.8. The number of aliphatic hydroxyl groups is 3. The topological polar surface area (TPSA) is 297 Å². The fraction of sp³-hybridized carbons (Fsp3) is 0.500. The quantitative estimate of drug-likeness (QED) is 0.0633. The molecular weight excluding hydrogens is 544 g/mol. The third kappa shape index (κ3) is 14.0. The van der Waals surface area contributed by atoms with E-state index >= 15 is 0 Å². The first-order chi connectivity index (χ1) is 14.9. The zero-order valence-electron chi connectivity index (χ0n) is 21.7. The minimum atomic E-state index is -3.16. The van der Waals surface area contributed by atoms with Crippen molar-refractivity contribution in [1.82, 2.24) is 0 Å². The first kappa shape index (κ1) is 38.1. The van der Waals surface area contributed by atoms with Crippen molar-refractivity contribution in [3.8, 4) is 0 Å². The molecule has 0 bridgehead atoms. The predicted molar refractivity (Wildman–Crippen MR) is 108 cm³/mol. The third-order valence-electron chi connectivity index (χ3n) is 3.63. The van der Waals surface area contributed by atoms with Crippen LogP contribution in [0.4, 0.5) is 0 Å². The van der Waals surface area contributed by atoms with Crippen LogP contribution in [0.1, 0.15) is 37.8 Å². The minimum absolute atomic E-state index is 0. The van der Waals surface area contributed by atoms with Gasteiger partial charge in [0.1, 0.15) is 0 Å². The number of hydrogen-bond donors (Lipinski definition) is 7. The maximum Gasteiger partial charge on any atom is 2.00 e. The molecular formula is C16H22Ca2O17. The van der Waals surface area contributed by atoms with Crippen LogP contribution in [0.3, 0.4) is 0 Å². The molecule has 0 aromatic heterocycles. The van der Waals surface area contributed by atoms with Gasteiger partial charge in [-0.25, -0.2) is 14.4 Å². The summed E-state index contributed by atoms with van der Waals surface area (Å²) in [6, 6.07) is 0. The molecule has 0 heterocycles. The Balaban J connectivity index is -0.000000341. The van der Waals surface area contributed by atoms with E-state index in [9.17, 15) is 53.7 Å². The van der Waals surface area contributed by atoms with Gasteiger partial charge < -0.3 is 50.9 Å². The molecule has 0 aliphatic heterocycles. The number of esters is 4. The number of hydrogen-bond acceptors (Lipinski definition) is 13. The maximum atomic E-state index is 11.6. The van der Waals surface area contributed by atoms with Crippen molar-refractivity contribution >= 4 is 123 Å². The van der Waals surface area contributed by atoms with Gasteiger partial charge in [0.15, 0.2) is 17.3 Å².